The molecule has 0 aromatic heterocycles. The Hall–Kier alpha value is -0.430. The number of aliphatic hydroxyl groups excluding tert-OH is 1. The maximum atomic E-state index is 10.1. The third-order valence-electron chi connectivity index (χ3n) is 2.10. The Labute approximate surface area is 109 Å². The van der Waals surface area contributed by atoms with Gasteiger partial charge in [-0.1, -0.05) is 36.9 Å². The largest absolute Gasteiger partial charge is 0.385 e. The van der Waals surface area contributed by atoms with Crippen LogP contribution >= 0.6 is 22.6 Å². The summed E-state index contributed by atoms with van der Waals surface area (Å²) in [5, 5.41) is 10.1. The second-order valence-corrected chi connectivity index (χ2v) is 4.68. The van der Waals surface area contributed by atoms with Gasteiger partial charge in [0.15, 0.2) is 0 Å². The van der Waals surface area contributed by atoms with Crippen LogP contribution in [-0.4, -0.2) is 25.1 Å². The molecule has 0 unspecified atom stereocenters. The molecular weight excluding hydrogens is 319 g/mol. The molecule has 0 aliphatic carbocycles. The number of hydrogen-bond donors (Lipinski definition) is 1. The van der Waals surface area contributed by atoms with E-state index < -0.39 is 12.2 Å². The monoisotopic (exact) mass is 334 g/mol. The fourth-order valence-corrected chi connectivity index (χ4v) is 1.84. The lowest BCUT2D eigenvalue weighted by atomic mass is 10.0. The van der Waals surface area contributed by atoms with Crippen molar-refractivity contribution >= 4 is 22.6 Å². The Morgan fingerprint density at radius 1 is 1.44 bits per heavy atom. The SMILES string of the molecule is C=C(I)[C@H](OCOC)[C@@H](O)c1ccccc1. The Morgan fingerprint density at radius 2 is 2.06 bits per heavy atom. The van der Waals surface area contributed by atoms with Gasteiger partial charge in [-0.15, -0.1) is 0 Å². The summed E-state index contributed by atoms with van der Waals surface area (Å²) in [4.78, 5) is 0. The molecule has 1 N–H and O–H groups in total. The molecule has 16 heavy (non-hydrogen) atoms. The minimum atomic E-state index is -0.722. The molecular formula is C12H15IO3. The van der Waals surface area contributed by atoms with Crippen LogP contribution in [0.1, 0.15) is 11.7 Å². The lowest BCUT2D eigenvalue weighted by Gasteiger charge is -2.22. The highest BCUT2D eigenvalue weighted by molar-refractivity contribution is 14.1. The van der Waals surface area contributed by atoms with Crippen molar-refractivity contribution in [3.63, 3.8) is 0 Å². The van der Waals surface area contributed by atoms with Crippen LogP contribution < -0.4 is 0 Å². The van der Waals surface area contributed by atoms with Crippen LogP contribution in [-0.2, 0) is 9.47 Å². The molecule has 1 aromatic rings. The van der Waals surface area contributed by atoms with Crippen molar-refractivity contribution in [3.05, 3.63) is 46.1 Å². The molecule has 1 aromatic carbocycles. The minimum absolute atomic E-state index is 0.135. The van der Waals surface area contributed by atoms with Crippen LogP contribution in [0.15, 0.2) is 40.5 Å². The van der Waals surface area contributed by atoms with E-state index in [1.54, 1.807) is 7.11 Å². The molecule has 0 spiro atoms. The first-order valence-corrected chi connectivity index (χ1v) is 5.92. The van der Waals surface area contributed by atoms with Crippen molar-refractivity contribution in [2.75, 3.05) is 13.9 Å². The number of benzene rings is 1. The van der Waals surface area contributed by atoms with E-state index in [1.165, 1.54) is 0 Å². The lowest BCUT2D eigenvalue weighted by Crippen LogP contribution is -2.23. The summed E-state index contributed by atoms with van der Waals surface area (Å²) < 4.78 is 11.0. The fourth-order valence-electron chi connectivity index (χ4n) is 1.32. The number of ether oxygens (including phenoxy) is 2. The van der Waals surface area contributed by atoms with Gasteiger partial charge in [0, 0.05) is 10.7 Å². The smallest absolute Gasteiger partial charge is 0.147 e. The average molecular weight is 334 g/mol. The minimum Gasteiger partial charge on any atom is -0.385 e. The van der Waals surface area contributed by atoms with E-state index >= 15 is 0 Å². The Balaban J connectivity index is 2.75. The maximum absolute atomic E-state index is 10.1. The second kappa shape index (κ2) is 7.01. The summed E-state index contributed by atoms with van der Waals surface area (Å²) >= 11 is 2.05. The maximum Gasteiger partial charge on any atom is 0.147 e. The van der Waals surface area contributed by atoms with E-state index in [0.717, 1.165) is 9.14 Å². The van der Waals surface area contributed by atoms with Crippen molar-refractivity contribution in [2.45, 2.75) is 12.2 Å². The molecule has 0 saturated heterocycles. The zero-order valence-electron chi connectivity index (χ0n) is 9.10. The molecule has 0 saturated carbocycles. The summed E-state index contributed by atoms with van der Waals surface area (Å²) in [6, 6.07) is 9.37. The van der Waals surface area contributed by atoms with Crippen LogP contribution in [0, 0.1) is 0 Å². The van der Waals surface area contributed by atoms with Crippen molar-refractivity contribution in [1.82, 2.24) is 0 Å². The standard InChI is InChI=1S/C12H15IO3/c1-9(13)12(16-8-15-2)11(14)10-6-4-3-5-7-10/h3-7,11-12,14H,1,8H2,2H3/t11-,12-/m0/s1. The van der Waals surface area contributed by atoms with Gasteiger partial charge in [-0.2, -0.15) is 0 Å². The Morgan fingerprint density at radius 3 is 2.56 bits per heavy atom. The van der Waals surface area contributed by atoms with Crippen LogP contribution in [0.4, 0.5) is 0 Å². The van der Waals surface area contributed by atoms with Crippen LogP contribution in [0.3, 0.4) is 0 Å². The molecule has 0 heterocycles. The van der Waals surface area contributed by atoms with Crippen molar-refractivity contribution in [3.8, 4) is 0 Å². The zero-order valence-corrected chi connectivity index (χ0v) is 11.3. The van der Waals surface area contributed by atoms with Gasteiger partial charge in [0.1, 0.15) is 19.0 Å². The molecule has 4 heteroatoms. The summed E-state index contributed by atoms with van der Waals surface area (Å²) in [7, 11) is 1.54. The highest BCUT2D eigenvalue weighted by Crippen LogP contribution is 2.26. The van der Waals surface area contributed by atoms with Gasteiger partial charge in [-0.05, 0) is 28.2 Å². The van der Waals surface area contributed by atoms with Crippen molar-refractivity contribution < 1.29 is 14.6 Å². The molecule has 1 rings (SSSR count). The first-order valence-electron chi connectivity index (χ1n) is 4.84. The lowest BCUT2D eigenvalue weighted by molar-refractivity contribution is -0.0947. The highest BCUT2D eigenvalue weighted by Gasteiger charge is 2.23. The highest BCUT2D eigenvalue weighted by atomic mass is 127. The summed E-state index contributed by atoms with van der Waals surface area (Å²) in [5.74, 6) is 0. The normalized spacial score (nSPS) is 14.4. The van der Waals surface area contributed by atoms with Crippen LogP contribution in [0.25, 0.3) is 0 Å². The zero-order chi connectivity index (χ0) is 12.0. The van der Waals surface area contributed by atoms with Gasteiger partial charge in [-0.25, -0.2) is 0 Å². The molecule has 88 valence electrons. The van der Waals surface area contributed by atoms with E-state index in [-0.39, 0.29) is 6.79 Å². The van der Waals surface area contributed by atoms with Gasteiger partial charge in [-0.3, -0.25) is 0 Å². The van der Waals surface area contributed by atoms with E-state index in [0.29, 0.717) is 0 Å². The average Bonchev–Trinajstić information content (AvgIpc) is 2.30. The van der Waals surface area contributed by atoms with Gasteiger partial charge in [0.05, 0.1) is 0 Å². The Bertz CT molecular complexity index is 326. The van der Waals surface area contributed by atoms with Gasteiger partial charge < -0.3 is 14.6 Å². The third-order valence-corrected chi connectivity index (χ3v) is 2.72. The molecule has 0 aliphatic heterocycles. The predicted molar refractivity (Wildman–Crippen MR) is 71.3 cm³/mol. The number of hydrogen-bond acceptors (Lipinski definition) is 3. The quantitative estimate of drug-likeness (QED) is 0.642. The number of rotatable bonds is 6. The summed E-state index contributed by atoms with van der Waals surface area (Å²) in [5.41, 5.74) is 0.807. The Kier molecular flexibility index (Phi) is 5.97. The topological polar surface area (TPSA) is 38.7 Å². The molecule has 0 bridgehead atoms. The first-order chi connectivity index (χ1) is 7.66. The molecule has 0 aliphatic rings. The molecule has 0 radical (unpaired) electrons. The molecule has 3 nitrogen and oxygen atoms in total. The first kappa shape index (κ1) is 13.6. The number of aliphatic hydroxyl groups is 1. The molecule has 2 atom stereocenters. The van der Waals surface area contributed by atoms with Crippen molar-refractivity contribution in [2.24, 2.45) is 0 Å². The molecule has 0 fully saturated rings. The third kappa shape index (κ3) is 3.86. The van der Waals surface area contributed by atoms with E-state index in [2.05, 4.69) is 29.2 Å². The van der Waals surface area contributed by atoms with E-state index in [9.17, 15) is 5.11 Å². The van der Waals surface area contributed by atoms with Gasteiger partial charge in [0.2, 0.25) is 0 Å². The second-order valence-electron chi connectivity index (χ2n) is 3.30. The summed E-state index contributed by atoms with van der Waals surface area (Å²) in [6.07, 6.45) is -1.18. The van der Waals surface area contributed by atoms with E-state index in [1.807, 2.05) is 30.3 Å². The van der Waals surface area contributed by atoms with Gasteiger partial charge >= 0.3 is 0 Å². The van der Waals surface area contributed by atoms with Gasteiger partial charge in [0.25, 0.3) is 0 Å². The number of halogens is 1. The van der Waals surface area contributed by atoms with E-state index in [4.69, 9.17) is 9.47 Å². The number of methoxy groups -OCH3 is 1. The predicted octanol–water partition coefficient (Wildman–Crippen LogP) is 2.66. The fraction of sp³-hybridized carbons (Fsp3) is 0.333. The molecule has 0 amide bonds. The van der Waals surface area contributed by atoms with Crippen LogP contribution in [0.2, 0.25) is 0 Å². The summed E-state index contributed by atoms with van der Waals surface area (Å²) in [6.45, 7) is 3.94. The van der Waals surface area contributed by atoms with Crippen LogP contribution in [0.5, 0.6) is 0 Å². The van der Waals surface area contributed by atoms with Crippen molar-refractivity contribution in [1.29, 1.82) is 0 Å².